The summed E-state index contributed by atoms with van der Waals surface area (Å²) in [7, 11) is 0. The molecule has 0 bridgehead atoms. The number of nitrogens with zero attached hydrogens (tertiary/aromatic N) is 1. The summed E-state index contributed by atoms with van der Waals surface area (Å²) in [5.74, 6) is -0.500. The molecule has 1 saturated heterocycles. The molecular formula is C25H32N4O3. The molecule has 1 fully saturated rings. The van der Waals surface area contributed by atoms with Crippen LogP contribution in [0.1, 0.15) is 42.6 Å². The maximum absolute atomic E-state index is 12.9. The van der Waals surface area contributed by atoms with Crippen LogP contribution < -0.4 is 16.0 Å². The topological polar surface area (TPSA) is 90.5 Å². The van der Waals surface area contributed by atoms with Gasteiger partial charge in [0, 0.05) is 30.4 Å². The normalized spacial score (nSPS) is 15.2. The van der Waals surface area contributed by atoms with E-state index < -0.39 is 6.04 Å². The minimum Gasteiger partial charge on any atom is -0.351 e. The molecule has 170 valence electrons. The number of hydrogen-bond acceptors (Lipinski definition) is 3. The molecule has 2 aromatic carbocycles. The third-order valence-electron chi connectivity index (χ3n) is 5.70. The first-order valence-corrected chi connectivity index (χ1v) is 11.1. The number of anilines is 1. The Hall–Kier alpha value is -3.35. The third-order valence-corrected chi connectivity index (χ3v) is 5.70. The van der Waals surface area contributed by atoms with E-state index in [9.17, 15) is 14.4 Å². The van der Waals surface area contributed by atoms with Crippen LogP contribution in [0.15, 0.2) is 54.6 Å². The van der Waals surface area contributed by atoms with E-state index in [1.807, 2.05) is 63.2 Å². The van der Waals surface area contributed by atoms with Crippen LogP contribution in [0, 0.1) is 12.8 Å². The number of piperidine rings is 1. The molecule has 3 rings (SSSR count). The zero-order valence-corrected chi connectivity index (χ0v) is 18.9. The zero-order valence-electron chi connectivity index (χ0n) is 18.9. The summed E-state index contributed by atoms with van der Waals surface area (Å²) in [5.41, 5.74) is 2.37. The van der Waals surface area contributed by atoms with Crippen molar-refractivity contribution in [3.8, 4) is 0 Å². The van der Waals surface area contributed by atoms with Crippen molar-refractivity contribution in [1.82, 2.24) is 15.5 Å². The van der Waals surface area contributed by atoms with Gasteiger partial charge in [-0.05, 0) is 49.9 Å². The minimum atomic E-state index is -0.622. The van der Waals surface area contributed by atoms with Crippen LogP contribution in [-0.2, 0) is 4.79 Å². The first-order valence-electron chi connectivity index (χ1n) is 11.1. The Kier molecular flexibility index (Phi) is 7.87. The second kappa shape index (κ2) is 10.8. The molecule has 0 aromatic heterocycles. The summed E-state index contributed by atoms with van der Waals surface area (Å²) in [5, 5.41) is 8.83. The van der Waals surface area contributed by atoms with Crippen LogP contribution in [0.5, 0.6) is 0 Å². The average Bonchev–Trinajstić information content (AvgIpc) is 2.78. The molecule has 4 amide bonds. The second-order valence-electron chi connectivity index (χ2n) is 8.63. The lowest BCUT2D eigenvalue weighted by Gasteiger charge is -2.33. The number of amides is 4. The quantitative estimate of drug-likeness (QED) is 0.647. The van der Waals surface area contributed by atoms with E-state index in [-0.39, 0.29) is 29.8 Å². The van der Waals surface area contributed by atoms with Crippen molar-refractivity contribution in [2.45, 2.75) is 45.7 Å². The maximum atomic E-state index is 12.9. The first-order chi connectivity index (χ1) is 15.3. The van der Waals surface area contributed by atoms with Crippen LogP contribution >= 0.6 is 0 Å². The fourth-order valence-electron chi connectivity index (χ4n) is 3.71. The molecular weight excluding hydrogens is 404 g/mol. The number of nitrogens with one attached hydrogen (secondary N) is 3. The molecule has 1 heterocycles. The molecule has 1 unspecified atom stereocenters. The molecule has 7 nitrogen and oxygen atoms in total. The molecule has 0 radical (unpaired) electrons. The van der Waals surface area contributed by atoms with E-state index in [1.165, 1.54) is 0 Å². The molecule has 7 heteroatoms. The Labute approximate surface area is 189 Å². The molecule has 0 aliphatic carbocycles. The molecule has 32 heavy (non-hydrogen) atoms. The number of urea groups is 1. The SMILES string of the molecule is Cc1ccc(C(=O)NC(C(=O)NC2CCN(C(=O)Nc3ccccc3)CC2)C(C)C)cc1. The van der Waals surface area contributed by atoms with Gasteiger partial charge in [-0.3, -0.25) is 9.59 Å². The second-order valence-corrected chi connectivity index (χ2v) is 8.63. The number of rotatable bonds is 6. The minimum absolute atomic E-state index is 0.0270. The van der Waals surface area contributed by atoms with Gasteiger partial charge in [0.2, 0.25) is 5.91 Å². The third kappa shape index (κ3) is 6.33. The molecule has 2 aromatic rings. The van der Waals surface area contributed by atoms with E-state index in [1.54, 1.807) is 17.0 Å². The van der Waals surface area contributed by atoms with Gasteiger partial charge in [-0.1, -0.05) is 49.7 Å². The van der Waals surface area contributed by atoms with Crippen LogP contribution in [0.2, 0.25) is 0 Å². The van der Waals surface area contributed by atoms with Crippen molar-refractivity contribution in [2.24, 2.45) is 5.92 Å². The number of para-hydroxylation sites is 1. The highest BCUT2D eigenvalue weighted by Gasteiger charge is 2.29. The summed E-state index contributed by atoms with van der Waals surface area (Å²) in [4.78, 5) is 39.7. The van der Waals surface area contributed by atoms with E-state index in [2.05, 4.69) is 16.0 Å². The lowest BCUT2D eigenvalue weighted by atomic mass is 10.00. The Bertz CT molecular complexity index is 920. The van der Waals surface area contributed by atoms with Crippen molar-refractivity contribution < 1.29 is 14.4 Å². The number of carbonyl (C=O) groups is 3. The average molecular weight is 437 g/mol. The van der Waals surface area contributed by atoms with Gasteiger partial charge >= 0.3 is 6.03 Å². The predicted octanol–water partition coefficient (Wildman–Crippen LogP) is 3.56. The molecule has 1 atom stereocenters. The highest BCUT2D eigenvalue weighted by Crippen LogP contribution is 2.14. The highest BCUT2D eigenvalue weighted by molar-refractivity contribution is 5.97. The molecule has 1 aliphatic heterocycles. The standard InChI is InChI=1S/C25H32N4O3/c1-17(2)22(28-23(30)19-11-9-18(3)10-12-19)24(31)26-21-13-15-29(16-14-21)25(32)27-20-7-5-4-6-8-20/h4-12,17,21-22H,13-16H2,1-3H3,(H,26,31)(H,27,32)(H,28,30). The van der Waals surface area contributed by atoms with Crippen molar-refractivity contribution in [1.29, 1.82) is 0 Å². The Morgan fingerprint density at radius 2 is 1.56 bits per heavy atom. The fraction of sp³-hybridized carbons (Fsp3) is 0.400. The number of carbonyl (C=O) groups excluding carboxylic acids is 3. The van der Waals surface area contributed by atoms with Crippen LogP contribution in [0.25, 0.3) is 0 Å². The lowest BCUT2D eigenvalue weighted by molar-refractivity contribution is -0.124. The number of aryl methyl sites for hydroxylation is 1. The maximum Gasteiger partial charge on any atom is 0.321 e. The zero-order chi connectivity index (χ0) is 23.1. The summed E-state index contributed by atoms with van der Waals surface area (Å²) in [6.45, 7) is 6.91. The van der Waals surface area contributed by atoms with Crippen molar-refractivity contribution in [3.63, 3.8) is 0 Å². The van der Waals surface area contributed by atoms with E-state index >= 15 is 0 Å². The van der Waals surface area contributed by atoms with Crippen LogP contribution in [-0.4, -0.2) is 47.9 Å². The van der Waals surface area contributed by atoms with Crippen molar-refractivity contribution in [2.75, 3.05) is 18.4 Å². The number of hydrogen-bond donors (Lipinski definition) is 3. The Morgan fingerprint density at radius 1 is 0.938 bits per heavy atom. The van der Waals surface area contributed by atoms with Gasteiger partial charge in [0.15, 0.2) is 0 Å². The van der Waals surface area contributed by atoms with Gasteiger partial charge < -0.3 is 20.9 Å². The van der Waals surface area contributed by atoms with Gasteiger partial charge in [-0.25, -0.2) is 4.79 Å². The van der Waals surface area contributed by atoms with E-state index in [4.69, 9.17) is 0 Å². The molecule has 3 N–H and O–H groups in total. The van der Waals surface area contributed by atoms with Crippen LogP contribution in [0.3, 0.4) is 0 Å². The van der Waals surface area contributed by atoms with E-state index in [0.717, 1.165) is 11.3 Å². The predicted molar refractivity (Wildman–Crippen MR) is 125 cm³/mol. The summed E-state index contributed by atoms with van der Waals surface area (Å²) >= 11 is 0. The Balaban J connectivity index is 1.50. The largest absolute Gasteiger partial charge is 0.351 e. The molecule has 1 aliphatic rings. The van der Waals surface area contributed by atoms with Crippen molar-refractivity contribution >= 4 is 23.5 Å². The summed E-state index contributed by atoms with van der Waals surface area (Å²) in [6, 6.07) is 15.8. The first kappa shape index (κ1) is 23.3. The highest BCUT2D eigenvalue weighted by atomic mass is 16.2. The molecule has 0 spiro atoms. The van der Waals surface area contributed by atoms with Gasteiger partial charge in [-0.15, -0.1) is 0 Å². The Morgan fingerprint density at radius 3 is 2.16 bits per heavy atom. The van der Waals surface area contributed by atoms with Gasteiger partial charge in [-0.2, -0.15) is 0 Å². The molecule has 0 saturated carbocycles. The van der Waals surface area contributed by atoms with Crippen molar-refractivity contribution in [3.05, 3.63) is 65.7 Å². The summed E-state index contributed by atoms with van der Waals surface area (Å²) in [6.07, 6.45) is 1.34. The smallest absolute Gasteiger partial charge is 0.321 e. The fourth-order valence-corrected chi connectivity index (χ4v) is 3.71. The summed E-state index contributed by atoms with van der Waals surface area (Å²) < 4.78 is 0. The number of benzene rings is 2. The monoisotopic (exact) mass is 436 g/mol. The van der Waals surface area contributed by atoms with Crippen LogP contribution in [0.4, 0.5) is 10.5 Å². The van der Waals surface area contributed by atoms with Gasteiger partial charge in [0.25, 0.3) is 5.91 Å². The van der Waals surface area contributed by atoms with Gasteiger partial charge in [0.1, 0.15) is 6.04 Å². The lowest BCUT2D eigenvalue weighted by Crippen LogP contribution is -2.54. The van der Waals surface area contributed by atoms with E-state index in [0.29, 0.717) is 31.5 Å². The number of likely N-dealkylation sites (tertiary alicyclic amines) is 1. The van der Waals surface area contributed by atoms with Gasteiger partial charge in [0.05, 0.1) is 0 Å².